The maximum absolute atomic E-state index is 11.2. The molecule has 0 bridgehead atoms. The van der Waals surface area contributed by atoms with Crippen molar-refractivity contribution in [1.82, 2.24) is 15.1 Å². The van der Waals surface area contributed by atoms with Crippen molar-refractivity contribution >= 4 is 11.9 Å². The van der Waals surface area contributed by atoms with Gasteiger partial charge >= 0.3 is 11.9 Å². The number of nitrogens with zero attached hydrogens (tertiary/aromatic N) is 2. The smallest absolute Gasteiger partial charge is 0.354 e. The molecule has 2 aromatic rings. The van der Waals surface area contributed by atoms with E-state index in [9.17, 15) is 9.59 Å². The van der Waals surface area contributed by atoms with Crippen LogP contribution in [-0.4, -0.2) is 50.3 Å². The first-order valence-corrected chi connectivity index (χ1v) is 7.85. The van der Waals surface area contributed by atoms with E-state index < -0.39 is 11.9 Å². The van der Waals surface area contributed by atoms with Crippen LogP contribution in [0, 0.1) is 0 Å². The molecule has 1 saturated heterocycles. The first-order valence-electron chi connectivity index (χ1n) is 7.85. The number of hydrogen-bond acceptors (Lipinski definition) is 4. The number of aromatic amines is 1. The topological polar surface area (TPSA) is 107 Å². The third-order valence-corrected chi connectivity index (χ3v) is 4.44. The minimum Gasteiger partial charge on any atom is -0.478 e. The number of nitrogens with one attached hydrogen (secondary N) is 1. The van der Waals surface area contributed by atoms with E-state index in [2.05, 4.69) is 15.1 Å². The van der Waals surface area contributed by atoms with Gasteiger partial charge in [0.05, 0.1) is 11.8 Å². The summed E-state index contributed by atoms with van der Waals surface area (Å²) in [6.45, 7) is 2.18. The van der Waals surface area contributed by atoms with E-state index in [-0.39, 0.29) is 11.6 Å². The summed E-state index contributed by atoms with van der Waals surface area (Å²) in [4.78, 5) is 24.5. The van der Waals surface area contributed by atoms with E-state index in [1.807, 2.05) is 6.07 Å². The van der Waals surface area contributed by atoms with Crippen molar-refractivity contribution in [3.8, 4) is 0 Å². The molecular weight excluding hydrogens is 310 g/mol. The third kappa shape index (κ3) is 3.46. The molecule has 2 heterocycles. The standard InChI is InChI=1S/C17H19N3O4/c21-16(22)12-4-1-3-11(7-12)13-5-2-6-20(9-13)10-14-8-18-19-15(14)17(23)24/h1,3-4,7-8,13H,2,5-6,9-10H2,(H,18,19)(H,21,22)(H,23,24)/t13-/m1/s1. The summed E-state index contributed by atoms with van der Waals surface area (Å²) < 4.78 is 0. The Morgan fingerprint density at radius 3 is 2.88 bits per heavy atom. The molecule has 0 saturated carbocycles. The van der Waals surface area contributed by atoms with Gasteiger partial charge in [-0.15, -0.1) is 0 Å². The number of rotatable bonds is 5. The first kappa shape index (κ1) is 16.2. The van der Waals surface area contributed by atoms with Gasteiger partial charge in [0.1, 0.15) is 5.69 Å². The van der Waals surface area contributed by atoms with E-state index in [0.29, 0.717) is 17.7 Å². The number of hydrogen-bond donors (Lipinski definition) is 3. The SMILES string of the molecule is O=C(O)c1cccc([C@@H]2CCCN(Cc3cn[nH]c3C(=O)O)C2)c1. The second kappa shape index (κ2) is 6.84. The van der Waals surface area contributed by atoms with Crippen molar-refractivity contribution in [2.45, 2.75) is 25.3 Å². The highest BCUT2D eigenvalue weighted by Crippen LogP contribution is 2.28. The maximum Gasteiger partial charge on any atom is 0.354 e. The quantitative estimate of drug-likeness (QED) is 0.776. The Kier molecular flexibility index (Phi) is 4.61. The van der Waals surface area contributed by atoms with Crippen LogP contribution in [0.2, 0.25) is 0 Å². The van der Waals surface area contributed by atoms with Crippen LogP contribution in [0.15, 0.2) is 30.5 Å². The van der Waals surface area contributed by atoms with E-state index >= 15 is 0 Å². The monoisotopic (exact) mass is 329 g/mol. The zero-order valence-electron chi connectivity index (χ0n) is 13.1. The number of carbonyl (C=O) groups is 2. The van der Waals surface area contributed by atoms with Crippen LogP contribution in [0.3, 0.4) is 0 Å². The van der Waals surface area contributed by atoms with Crippen LogP contribution in [-0.2, 0) is 6.54 Å². The summed E-state index contributed by atoms with van der Waals surface area (Å²) in [6.07, 6.45) is 3.54. The van der Waals surface area contributed by atoms with E-state index in [1.54, 1.807) is 24.4 Å². The lowest BCUT2D eigenvalue weighted by molar-refractivity contribution is 0.0680. The minimum absolute atomic E-state index is 0.130. The fraction of sp³-hybridized carbons (Fsp3) is 0.353. The molecule has 1 fully saturated rings. The molecule has 3 N–H and O–H groups in total. The number of carboxylic acid groups (broad SMARTS) is 2. The van der Waals surface area contributed by atoms with Gasteiger partial charge in [0.15, 0.2) is 0 Å². The molecular formula is C17H19N3O4. The second-order valence-corrected chi connectivity index (χ2v) is 6.08. The normalized spacial score (nSPS) is 18.4. The van der Waals surface area contributed by atoms with Crippen LogP contribution in [0.5, 0.6) is 0 Å². The first-order chi connectivity index (χ1) is 11.5. The number of aromatic carboxylic acids is 2. The third-order valence-electron chi connectivity index (χ3n) is 4.44. The van der Waals surface area contributed by atoms with Gasteiger partial charge in [-0.2, -0.15) is 5.10 Å². The average molecular weight is 329 g/mol. The molecule has 7 nitrogen and oxygen atoms in total. The van der Waals surface area contributed by atoms with E-state index in [1.165, 1.54) is 0 Å². The fourth-order valence-electron chi connectivity index (χ4n) is 3.25. The number of piperidine rings is 1. The zero-order valence-corrected chi connectivity index (χ0v) is 13.1. The number of H-pyrrole nitrogens is 1. The Hall–Kier alpha value is -2.67. The fourth-order valence-corrected chi connectivity index (χ4v) is 3.25. The molecule has 1 aromatic heterocycles. The van der Waals surface area contributed by atoms with Crippen molar-refractivity contribution in [1.29, 1.82) is 0 Å². The average Bonchev–Trinajstić information content (AvgIpc) is 3.03. The number of aromatic nitrogens is 2. The van der Waals surface area contributed by atoms with Crippen molar-refractivity contribution in [2.24, 2.45) is 0 Å². The minimum atomic E-state index is -1.01. The van der Waals surface area contributed by atoms with Gasteiger partial charge in [-0.05, 0) is 43.0 Å². The molecule has 24 heavy (non-hydrogen) atoms. The summed E-state index contributed by atoms with van der Waals surface area (Å²) in [5.41, 5.74) is 2.12. The van der Waals surface area contributed by atoms with Gasteiger partial charge in [0.2, 0.25) is 0 Å². The number of likely N-dealkylation sites (tertiary alicyclic amines) is 1. The Bertz CT molecular complexity index is 756. The molecule has 1 aromatic carbocycles. The van der Waals surface area contributed by atoms with Crippen LogP contribution < -0.4 is 0 Å². The molecule has 7 heteroatoms. The molecule has 0 radical (unpaired) electrons. The van der Waals surface area contributed by atoms with Gasteiger partial charge in [-0.3, -0.25) is 10.00 Å². The highest BCUT2D eigenvalue weighted by atomic mass is 16.4. The zero-order chi connectivity index (χ0) is 17.1. The molecule has 1 aliphatic heterocycles. The molecule has 126 valence electrons. The Morgan fingerprint density at radius 2 is 2.12 bits per heavy atom. The van der Waals surface area contributed by atoms with Gasteiger partial charge < -0.3 is 10.2 Å². The second-order valence-electron chi connectivity index (χ2n) is 6.08. The highest BCUT2D eigenvalue weighted by molar-refractivity contribution is 5.88. The molecule has 0 unspecified atom stereocenters. The lowest BCUT2D eigenvalue weighted by atomic mass is 9.89. The molecule has 1 aliphatic rings. The molecule has 0 aliphatic carbocycles. The molecule has 1 atom stereocenters. The van der Waals surface area contributed by atoms with Crippen LogP contribution >= 0.6 is 0 Å². The predicted molar refractivity (Wildman–Crippen MR) is 86.2 cm³/mol. The van der Waals surface area contributed by atoms with E-state index in [4.69, 9.17) is 10.2 Å². The summed E-state index contributed by atoms with van der Waals surface area (Å²) in [6, 6.07) is 7.06. The number of benzene rings is 1. The molecule has 3 rings (SSSR count). The largest absolute Gasteiger partial charge is 0.478 e. The van der Waals surface area contributed by atoms with Crippen LogP contribution in [0.4, 0.5) is 0 Å². The Morgan fingerprint density at radius 1 is 1.29 bits per heavy atom. The lowest BCUT2D eigenvalue weighted by Gasteiger charge is -2.33. The molecule has 0 spiro atoms. The van der Waals surface area contributed by atoms with Gasteiger partial charge in [0, 0.05) is 18.7 Å². The van der Waals surface area contributed by atoms with Gasteiger partial charge in [-0.25, -0.2) is 9.59 Å². The van der Waals surface area contributed by atoms with Gasteiger partial charge in [0.25, 0.3) is 0 Å². The van der Waals surface area contributed by atoms with E-state index in [0.717, 1.165) is 31.5 Å². The van der Waals surface area contributed by atoms with Crippen molar-refractivity contribution in [3.63, 3.8) is 0 Å². The maximum atomic E-state index is 11.2. The Labute approximate surface area is 138 Å². The van der Waals surface area contributed by atoms with Crippen LogP contribution in [0.1, 0.15) is 50.7 Å². The summed E-state index contributed by atoms with van der Waals surface area (Å²) in [5.74, 6) is -1.68. The summed E-state index contributed by atoms with van der Waals surface area (Å²) in [5, 5.41) is 24.6. The summed E-state index contributed by atoms with van der Waals surface area (Å²) >= 11 is 0. The predicted octanol–water partition coefficient (Wildman–Crippen LogP) is 2.19. The Balaban J connectivity index is 1.72. The lowest BCUT2D eigenvalue weighted by Crippen LogP contribution is -2.34. The van der Waals surface area contributed by atoms with Gasteiger partial charge in [-0.1, -0.05) is 12.1 Å². The highest BCUT2D eigenvalue weighted by Gasteiger charge is 2.24. The van der Waals surface area contributed by atoms with Crippen molar-refractivity contribution < 1.29 is 19.8 Å². The van der Waals surface area contributed by atoms with Crippen LogP contribution in [0.25, 0.3) is 0 Å². The van der Waals surface area contributed by atoms with Crippen molar-refractivity contribution in [2.75, 3.05) is 13.1 Å². The molecule has 0 amide bonds. The summed E-state index contributed by atoms with van der Waals surface area (Å²) in [7, 11) is 0. The number of carboxylic acids is 2. The van der Waals surface area contributed by atoms with Crippen molar-refractivity contribution in [3.05, 3.63) is 52.8 Å².